The lowest BCUT2D eigenvalue weighted by Crippen LogP contribution is -2.73. The topological polar surface area (TPSA) is 3.01 Å². The Balaban J connectivity index is 2.61. The molecule has 2 unspecified atom stereocenters. The Labute approximate surface area is 81.8 Å². The van der Waals surface area contributed by atoms with Gasteiger partial charge in [-0.3, -0.25) is 0 Å². The van der Waals surface area contributed by atoms with Crippen LogP contribution in [0.1, 0.15) is 0 Å². The Kier molecular flexibility index (Phi) is 1.69. The van der Waals surface area contributed by atoms with E-state index in [0.29, 0.717) is 0 Å². The summed E-state index contributed by atoms with van der Waals surface area (Å²) in [5.41, 5.74) is 0. The van der Waals surface area contributed by atoms with Crippen LogP contribution in [-0.4, -0.2) is 41.1 Å². The number of piperidine rings is 1. The number of fused-ring (bicyclic) bond motifs is 1. The highest BCUT2D eigenvalue weighted by Gasteiger charge is 2.99. The predicted molar refractivity (Wildman–Crippen MR) is 30.3 cm³/mol. The van der Waals surface area contributed by atoms with Crippen LogP contribution in [0.2, 0.25) is 0 Å². The lowest BCUT2D eigenvalue weighted by atomic mass is 9.95. The molecule has 2 aliphatic rings. The summed E-state index contributed by atoms with van der Waals surface area (Å²) in [6.07, 6.45) is 0. The van der Waals surface area contributed by atoms with Crippen molar-refractivity contribution in [2.24, 2.45) is 0 Å². The van der Waals surface area contributed by atoms with Crippen molar-refractivity contribution in [3.8, 4) is 0 Å². The molecular formula is C6H2F9N. The first kappa shape index (κ1) is 11.8. The second-order valence-corrected chi connectivity index (χ2v) is 3.61. The van der Waals surface area contributed by atoms with Crippen molar-refractivity contribution in [1.29, 1.82) is 0 Å². The fourth-order valence-corrected chi connectivity index (χ4v) is 1.56. The van der Waals surface area contributed by atoms with Gasteiger partial charge in [-0.15, -0.1) is 0 Å². The van der Waals surface area contributed by atoms with E-state index < -0.39 is 41.1 Å². The van der Waals surface area contributed by atoms with E-state index in [4.69, 9.17) is 0 Å². The van der Waals surface area contributed by atoms with Gasteiger partial charge in [-0.2, -0.15) is 40.0 Å². The molecule has 2 fully saturated rings. The second-order valence-electron chi connectivity index (χ2n) is 3.61. The highest BCUT2D eigenvalue weighted by molar-refractivity contribution is 5.25. The average molecular weight is 259 g/mol. The highest BCUT2D eigenvalue weighted by atomic mass is 19.4. The van der Waals surface area contributed by atoms with Gasteiger partial charge in [0.2, 0.25) is 0 Å². The number of hydrogen-bond donors (Lipinski definition) is 0. The molecule has 0 aromatic heterocycles. The van der Waals surface area contributed by atoms with Gasteiger partial charge in [0, 0.05) is 0 Å². The zero-order chi connectivity index (χ0) is 12.8. The van der Waals surface area contributed by atoms with Crippen molar-refractivity contribution in [1.82, 2.24) is 4.90 Å². The van der Waals surface area contributed by atoms with E-state index in [1.165, 1.54) is 0 Å². The molecule has 94 valence electrons. The molecule has 0 aromatic rings. The van der Waals surface area contributed by atoms with Gasteiger partial charge in [0.15, 0.2) is 0 Å². The third-order valence-electron chi connectivity index (χ3n) is 2.68. The summed E-state index contributed by atoms with van der Waals surface area (Å²) in [5.74, 6) is -23.1. The van der Waals surface area contributed by atoms with Crippen LogP contribution < -0.4 is 0 Å². The van der Waals surface area contributed by atoms with Crippen molar-refractivity contribution >= 4 is 0 Å². The van der Waals surface area contributed by atoms with Crippen LogP contribution in [0.25, 0.3) is 0 Å². The molecule has 2 saturated heterocycles. The van der Waals surface area contributed by atoms with Gasteiger partial charge in [-0.1, -0.05) is 0 Å². The van der Waals surface area contributed by atoms with Gasteiger partial charge in [0.1, 0.15) is 0 Å². The lowest BCUT2D eigenvalue weighted by molar-refractivity contribution is -0.434. The minimum atomic E-state index is -6.45. The zero-order valence-electron chi connectivity index (χ0n) is 7.06. The fraction of sp³-hybridized carbons (Fsp3) is 1.00. The van der Waals surface area contributed by atoms with E-state index in [1.807, 2.05) is 0 Å². The molecule has 0 bridgehead atoms. The second kappa shape index (κ2) is 2.29. The van der Waals surface area contributed by atoms with Gasteiger partial charge >= 0.3 is 23.8 Å². The Morgan fingerprint density at radius 1 is 0.625 bits per heavy atom. The number of hydrogen-bond acceptors (Lipinski definition) is 1. The summed E-state index contributed by atoms with van der Waals surface area (Å²) in [5, 5.41) is 0. The Morgan fingerprint density at radius 2 is 1.06 bits per heavy atom. The molecule has 0 saturated carbocycles. The summed E-state index contributed by atoms with van der Waals surface area (Å²) in [7, 11) is 0. The smallest absolute Gasteiger partial charge is 0.218 e. The first-order valence-corrected chi connectivity index (χ1v) is 3.82. The predicted octanol–water partition coefficient (Wildman–Crippen LogP) is 2.48. The molecule has 0 aromatic carbocycles. The van der Waals surface area contributed by atoms with Crippen LogP contribution in [0.3, 0.4) is 0 Å². The minimum absolute atomic E-state index is 1.27. The highest BCUT2D eigenvalue weighted by Crippen LogP contribution is 2.69. The van der Waals surface area contributed by atoms with E-state index in [1.54, 1.807) is 0 Å². The van der Waals surface area contributed by atoms with Crippen molar-refractivity contribution in [3.05, 3.63) is 0 Å². The van der Waals surface area contributed by atoms with E-state index >= 15 is 0 Å². The van der Waals surface area contributed by atoms with E-state index in [-0.39, 0.29) is 0 Å². The first-order chi connectivity index (χ1) is 6.84. The van der Waals surface area contributed by atoms with Crippen LogP contribution in [0.5, 0.6) is 0 Å². The zero-order valence-corrected chi connectivity index (χ0v) is 7.06. The monoisotopic (exact) mass is 259 g/mol. The molecule has 0 radical (unpaired) electrons. The van der Waals surface area contributed by atoms with Crippen LogP contribution in [0, 0.1) is 0 Å². The van der Waals surface area contributed by atoms with Gasteiger partial charge in [-0.05, 0) is 0 Å². The normalized spacial score (nSPS) is 45.9. The van der Waals surface area contributed by atoms with Gasteiger partial charge in [0.05, 0.1) is 6.54 Å². The van der Waals surface area contributed by atoms with Gasteiger partial charge in [-0.25, -0.2) is 4.39 Å². The maximum absolute atomic E-state index is 12.9. The Hall–Kier alpha value is -0.670. The standard InChI is InChI=1S/C6H2F9N/c7-2-1-16(2)6(14,15)5(12,13)4(10,11)3(2,8)9/h1H2. The van der Waals surface area contributed by atoms with E-state index in [9.17, 15) is 39.5 Å². The van der Waals surface area contributed by atoms with Crippen molar-refractivity contribution in [2.45, 2.75) is 29.6 Å². The minimum Gasteiger partial charge on any atom is -0.218 e. The molecule has 0 spiro atoms. The van der Waals surface area contributed by atoms with E-state index in [0.717, 1.165) is 0 Å². The lowest BCUT2D eigenvalue weighted by Gasteiger charge is -2.42. The molecular weight excluding hydrogens is 257 g/mol. The summed E-state index contributed by atoms with van der Waals surface area (Å²) < 4.78 is 114. The number of alkyl halides is 9. The summed E-state index contributed by atoms with van der Waals surface area (Å²) in [6, 6.07) is -5.65. The first-order valence-electron chi connectivity index (χ1n) is 3.82. The number of nitrogens with zero attached hydrogens (tertiary/aromatic N) is 1. The molecule has 2 rings (SSSR count). The SMILES string of the molecule is FC1(F)N2CC2(F)C(F)(F)C(F)(F)C1(F)F. The average Bonchev–Trinajstić information content (AvgIpc) is 2.78. The van der Waals surface area contributed by atoms with Crippen molar-refractivity contribution in [3.63, 3.8) is 0 Å². The van der Waals surface area contributed by atoms with Crippen LogP contribution >= 0.6 is 0 Å². The summed E-state index contributed by atoms with van der Waals surface area (Å²) in [6.45, 7) is -1.86. The van der Waals surface area contributed by atoms with Crippen LogP contribution in [0.15, 0.2) is 0 Å². The van der Waals surface area contributed by atoms with Crippen LogP contribution in [-0.2, 0) is 0 Å². The quantitative estimate of drug-likeness (QED) is 0.367. The molecule has 10 heteroatoms. The molecule has 0 N–H and O–H groups in total. The largest absolute Gasteiger partial charge is 0.392 e. The molecule has 16 heavy (non-hydrogen) atoms. The van der Waals surface area contributed by atoms with Gasteiger partial charge in [0.25, 0.3) is 5.79 Å². The summed E-state index contributed by atoms with van der Waals surface area (Å²) >= 11 is 0. The molecule has 2 heterocycles. The van der Waals surface area contributed by atoms with Crippen molar-refractivity contribution in [2.75, 3.05) is 6.54 Å². The molecule has 0 amide bonds. The molecule has 2 aliphatic heterocycles. The number of halogens is 9. The number of rotatable bonds is 0. The third kappa shape index (κ3) is 0.800. The van der Waals surface area contributed by atoms with Crippen molar-refractivity contribution < 1.29 is 39.5 Å². The maximum atomic E-state index is 12.9. The molecule has 0 aliphatic carbocycles. The fourth-order valence-electron chi connectivity index (χ4n) is 1.56. The third-order valence-corrected chi connectivity index (χ3v) is 2.68. The molecule has 2 atom stereocenters. The Morgan fingerprint density at radius 3 is 1.50 bits per heavy atom. The van der Waals surface area contributed by atoms with Crippen LogP contribution in [0.4, 0.5) is 39.5 Å². The maximum Gasteiger partial charge on any atom is 0.392 e. The molecule has 1 nitrogen and oxygen atoms in total. The summed E-state index contributed by atoms with van der Waals surface area (Å²) in [4.78, 5) is -1.27. The van der Waals surface area contributed by atoms with Gasteiger partial charge < -0.3 is 0 Å². The van der Waals surface area contributed by atoms with E-state index in [2.05, 4.69) is 0 Å². The Bertz CT molecular complexity index is 350.